The summed E-state index contributed by atoms with van der Waals surface area (Å²) < 4.78 is 2.31. The zero-order chi connectivity index (χ0) is 40.5. The summed E-state index contributed by atoms with van der Waals surface area (Å²) in [5.41, 5.74) is 16.2. The maximum absolute atomic E-state index is 5.62. The molecule has 0 bridgehead atoms. The first kappa shape index (κ1) is 35.0. The van der Waals surface area contributed by atoms with Gasteiger partial charge in [-0.25, -0.2) is 9.97 Å². The lowest BCUT2D eigenvalue weighted by Gasteiger charge is -2.43. The van der Waals surface area contributed by atoms with Gasteiger partial charge in [-0.15, -0.1) is 0 Å². The highest BCUT2D eigenvalue weighted by atomic mass is 15.2. The predicted octanol–water partition coefficient (Wildman–Crippen LogP) is 14.2. The third kappa shape index (κ3) is 5.34. The number of fused-ring (bicyclic) bond motifs is 6. The summed E-state index contributed by atoms with van der Waals surface area (Å²) >= 11 is 0. The van der Waals surface area contributed by atoms with Gasteiger partial charge < -0.3 is 4.98 Å². The second-order valence-electron chi connectivity index (χ2n) is 16.0. The Morgan fingerprint density at radius 3 is 2.03 bits per heavy atom. The molecule has 4 heterocycles. The van der Waals surface area contributed by atoms with E-state index in [0.29, 0.717) is 0 Å². The third-order valence-electron chi connectivity index (χ3n) is 12.7. The van der Waals surface area contributed by atoms with Crippen LogP contribution in [-0.2, 0) is 5.41 Å². The number of aromatic amines is 1. The van der Waals surface area contributed by atoms with Crippen molar-refractivity contribution in [1.82, 2.24) is 19.5 Å². The minimum atomic E-state index is -0.390. The van der Waals surface area contributed by atoms with E-state index in [2.05, 4.69) is 228 Å². The average molecular weight is 782 g/mol. The van der Waals surface area contributed by atoms with Gasteiger partial charge in [-0.1, -0.05) is 152 Å². The summed E-state index contributed by atoms with van der Waals surface area (Å²) in [4.78, 5) is 16.9. The van der Waals surface area contributed by atoms with Crippen LogP contribution < -0.4 is 4.90 Å². The number of pyridine rings is 1. The number of H-pyrrole nitrogens is 1. The van der Waals surface area contributed by atoms with Crippen LogP contribution in [0.4, 0.5) is 17.2 Å². The quantitative estimate of drug-likeness (QED) is 0.183. The van der Waals surface area contributed by atoms with Crippen LogP contribution in [0.15, 0.2) is 212 Å². The molecule has 5 heteroatoms. The highest BCUT2D eigenvalue weighted by Gasteiger charge is 2.42. The van der Waals surface area contributed by atoms with Crippen LogP contribution in [-0.4, -0.2) is 19.5 Å². The summed E-state index contributed by atoms with van der Waals surface area (Å²) in [5.74, 6) is 1.81. The lowest BCUT2D eigenvalue weighted by Crippen LogP contribution is -2.34. The van der Waals surface area contributed by atoms with Crippen molar-refractivity contribution in [1.29, 1.82) is 0 Å². The van der Waals surface area contributed by atoms with Crippen LogP contribution >= 0.6 is 0 Å². The molecule has 5 nitrogen and oxygen atoms in total. The second-order valence-corrected chi connectivity index (χ2v) is 16.0. The van der Waals surface area contributed by atoms with Crippen molar-refractivity contribution in [3.63, 3.8) is 0 Å². The standard InChI is InChI=1S/C56H39N5/c1-56(39-21-7-3-8-22-39)46-30-11-12-33-49(46)61(55-47(56)31-17-35-57-55)41-25-13-20-38(36-41)43-27-16-34-50-53(43)59-54(60(50)40-23-9-4-10-24-40)45-29-14-28-44-51-42(37-18-5-2-6-19-37)26-15-32-48(51)58-52(44)45/h2-36,58H,1H3. The summed E-state index contributed by atoms with van der Waals surface area (Å²) in [5, 5.41) is 2.38. The number of rotatable bonds is 6. The van der Waals surface area contributed by atoms with Gasteiger partial charge in [-0.3, -0.25) is 9.47 Å². The Bertz CT molecular complexity index is 3390. The van der Waals surface area contributed by atoms with Crippen LogP contribution in [0, 0.1) is 0 Å². The number of anilines is 3. The van der Waals surface area contributed by atoms with Gasteiger partial charge in [-0.2, -0.15) is 0 Å². The molecule has 0 saturated carbocycles. The second kappa shape index (κ2) is 13.8. The zero-order valence-electron chi connectivity index (χ0n) is 33.5. The fourth-order valence-electron chi connectivity index (χ4n) is 9.85. The monoisotopic (exact) mass is 781 g/mol. The number of para-hydroxylation sites is 4. The molecule has 1 aliphatic rings. The van der Waals surface area contributed by atoms with Crippen LogP contribution in [0.25, 0.3) is 72.2 Å². The third-order valence-corrected chi connectivity index (χ3v) is 12.7. The molecule has 61 heavy (non-hydrogen) atoms. The minimum Gasteiger partial charge on any atom is -0.354 e. The lowest BCUT2D eigenvalue weighted by atomic mass is 9.68. The molecule has 0 radical (unpaired) electrons. The molecule has 1 aliphatic heterocycles. The highest BCUT2D eigenvalue weighted by Crippen LogP contribution is 2.54. The first-order chi connectivity index (χ1) is 30.2. The molecular formula is C56H39N5. The Morgan fingerprint density at radius 1 is 0.525 bits per heavy atom. The van der Waals surface area contributed by atoms with Gasteiger partial charge in [0.15, 0.2) is 0 Å². The number of benzene rings is 8. The van der Waals surface area contributed by atoms with E-state index in [4.69, 9.17) is 9.97 Å². The highest BCUT2D eigenvalue weighted by molar-refractivity contribution is 6.17. The maximum atomic E-state index is 5.62. The van der Waals surface area contributed by atoms with Crippen molar-refractivity contribution in [3.8, 4) is 39.3 Å². The van der Waals surface area contributed by atoms with E-state index < -0.39 is 5.41 Å². The Morgan fingerprint density at radius 2 is 1.18 bits per heavy atom. The van der Waals surface area contributed by atoms with Crippen LogP contribution in [0.5, 0.6) is 0 Å². The van der Waals surface area contributed by atoms with Crippen LogP contribution in [0.2, 0.25) is 0 Å². The molecule has 0 fully saturated rings. The van der Waals surface area contributed by atoms with Gasteiger partial charge in [-0.05, 0) is 89.3 Å². The number of nitrogens with zero attached hydrogens (tertiary/aromatic N) is 4. The number of hydrogen-bond donors (Lipinski definition) is 1. The molecule has 288 valence electrons. The number of hydrogen-bond acceptors (Lipinski definition) is 3. The van der Waals surface area contributed by atoms with Crippen molar-refractivity contribution < 1.29 is 0 Å². The normalized spacial score (nSPS) is 14.7. The van der Waals surface area contributed by atoms with Crippen molar-refractivity contribution in [2.75, 3.05) is 4.90 Å². The predicted molar refractivity (Wildman–Crippen MR) is 251 cm³/mol. The smallest absolute Gasteiger partial charge is 0.147 e. The summed E-state index contributed by atoms with van der Waals surface area (Å²) in [6, 6.07) is 73.6. The van der Waals surface area contributed by atoms with Gasteiger partial charge in [0.2, 0.25) is 0 Å². The first-order valence-corrected chi connectivity index (χ1v) is 20.8. The molecule has 0 spiro atoms. The molecule has 3 aromatic heterocycles. The van der Waals surface area contributed by atoms with Gasteiger partial charge in [0.25, 0.3) is 0 Å². The molecule has 8 aromatic carbocycles. The first-order valence-electron chi connectivity index (χ1n) is 20.8. The summed E-state index contributed by atoms with van der Waals surface area (Å²) in [6.45, 7) is 2.33. The fourth-order valence-corrected chi connectivity index (χ4v) is 9.85. The molecule has 0 amide bonds. The van der Waals surface area contributed by atoms with E-state index in [9.17, 15) is 0 Å². The van der Waals surface area contributed by atoms with Crippen LogP contribution in [0.3, 0.4) is 0 Å². The minimum absolute atomic E-state index is 0.390. The van der Waals surface area contributed by atoms with Crippen LogP contribution in [0.1, 0.15) is 23.6 Å². The fraction of sp³-hybridized carbons (Fsp3) is 0.0357. The van der Waals surface area contributed by atoms with E-state index in [-0.39, 0.29) is 0 Å². The van der Waals surface area contributed by atoms with Crippen molar-refractivity contribution in [3.05, 3.63) is 229 Å². The zero-order valence-corrected chi connectivity index (χ0v) is 33.5. The Labute approximate surface area is 353 Å². The number of imidazole rings is 1. The van der Waals surface area contributed by atoms with Gasteiger partial charge in [0, 0.05) is 56.0 Å². The Hall–Kier alpha value is -8.02. The van der Waals surface area contributed by atoms with E-state index >= 15 is 0 Å². The average Bonchev–Trinajstić information content (AvgIpc) is 3.92. The number of nitrogens with one attached hydrogen (secondary N) is 1. The summed E-state index contributed by atoms with van der Waals surface area (Å²) in [7, 11) is 0. The molecular weight excluding hydrogens is 743 g/mol. The molecule has 11 aromatic rings. The summed E-state index contributed by atoms with van der Waals surface area (Å²) in [6.07, 6.45) is 1.91. The van der Waals surface area contributed by atoms with Gasteiger partial charge in [0.1, 0.15) is 11.6 Å². The molecule has 1 atom stereocenters. The lowest BCUT2D eigenvalue weighted by molar-refractivity contribution is 0.676. The maximum Gasteiger partial charge on any atom is 0.147 e. The van der Waals surface area contributed by atoms with Gasteiger partial charge >= 0.3 is 0 Å². The van der Waals surface area contributed by atoms with E-state index in [1.807, 2.05) is 6.20 Å². The number of aromatic nitrogens is 4. The Balaban J connectivity index is 1.05. The topological polar surface area (TPSA) is 49.7 Å². The molecule has 0 saturated heterocycles. The van der Waals surface area contributed by atoms with Crippen molar-refractivity contribution >= 4 is 50.0 Å². The Kier molecular flexibility index (Phi) is 7.91. The molecule has 1 N–H and O–H groups in total. The molecule has 1 unspecified atom stereocenters. The van der Waals surface area contributed by atoms with E-state index in [0.717, 1.165) is 67.5 Å². The van der Waals surface area contributed by atoms with E-state index in [1.165, 1.54) is 38.6 Å². The molecule has 12 rings (SSSR count). The van der Waals surface area contributed by atoms with Crippen molar-refractivity contribution in [2.24, 2.45) is 0 Å². The SMILES string of the molecule is CC1(c2ccccc2)c2ccccc2N(c2cccc(-c3cccc4c3nc(-c3cccc5c3[nH]c3cccc(-c6ccccc6)c35)n4-c3ccccc3)c2)c2ncccc21. The molecule has 0 aliphatic carbocycles. The largest absolute Gasteiger partial charge is 0.354 e. The van der Waals surface area contributed by atoms with Crippen molar-refractivity contribution in [2.45, 2.75) is 12.3 Å². The van der Waals surface area contributed by atoms with Gasteiger partial charge in [0.05, 0.1) is 22.2 Å². The van der Waals surface area contributed by atoms with E-state index in [1.54, 1.807) is 0 Å².